The number of pyridine rings is 1. The van der Waals surface area contributed by atoms with E-state index >= 15 is 0 Å². The van der Waals surface area contributed by atoms with Gasteiger partial charge in [-0.25, -0.2) is 0 Å². The highest BCUT2D eigenvalue weighted by Crippen LogP contribution is 2.10. The van der Waals surface area contributed by atoms with E-state index in [0.717, 1.165) is 12.1 Å². The first-order valence-corrected chi connectivity index (χ1v) is 6.08. The Morgan fingerprint density at radius 2 is 2.29 bits per heavy atom. The molecule has 1 aromatic heterocycles. The molecule has 2 N–H and O–H groups in total. The third-order valence-electron chi connectivity index (χ3n) is 2.86. The van der Waals surface area contributed by atoms with E-state index in [1.807, 2.05) is 23.1 Å². The molecule has 0 aliphatic heterocycles. The minimum atomic E-state index is 0.104. The third kappa shape index (κ3) is 4.15. The number of rotatable bonds is 6. The van der Waals surface area contributed by atoms with Crippen molar-refractivity contribution in [1.82, 2.24) is 9.88 Å². The summed E-state index contributed by atoms with van der Waals surface area (Å²) in [5.74, 6) is 0.104. The number of carbonyl (C=O) groups excluding carboxylic acids is 1. The maximum absolute atomic E-state index is 12.0. The van der Waals surface area contributed by atoms with Gasteiger partial charge in [-0.15, -0.1) is 0 Å². The third-order valence-corrected chi connectivity index (χ3v) is 2.86. The Morgan fingerprint density at radius 3 is 2.82 bits per heavy atom. The zero-order valence-corrected chi connectivity index (χ0v) is 10.6. The average Bonchev–Trinajstić information content (AvgIpc) is 2.36. The van der Waals surface area contributed by atoms with E-state index in [-0.39, 0.29) is 11.9 Å². The monoisotopic (exact) mass is 235 g/mol. The lowest BCUT2D eigenvalue weighted by atomic mass is 10.2. The smallest absolute Gasteiger partial charge is 0.224 e. The van der Waals surface area contributed by atoms with Crippen LogP contribution >= 0.6 is 0 Å². The van der Waals surface area contributed by atoms with Gasteiger partial charge in [0, 0.05) is 25.2 Å². The van der Waals surface area contributed by atoms with Crippen LogP contribution in [0.2, 0.25) is 0 Å². The molecule has 1 atom stereocenters. The Bertz CT molecular complexity index is 340. The van der Waals surface area contributed by atoms with Crippen LogP contribution in [0.1, 0.15) is 32.4 Å². The zero-order valence-electron chi connectivity index (χ0n) is 10.6. The molecule has 0 fully saturated rings. The Kier molecular flexibility index (Phi) is 5.63. The fourth-order valence-corrected chi connectivity index (χ4v) is 1.64. The van der Waals surface area contributed by atoms with Crippen LogP contribution in [0.25, 0.3) is 0 Å². The first kappa shape index (κ1) is 13.6. The van der Waals surface area contributed by atoms with Gasteiger partial charge in [-0.3, -0.25) is 9.78 Å². The summed E-state index contributed by atoms with van der Waals surface area (Å²) in [6.07, 6.45) is 3.08. The van der Waals surface area contributed by atoms with Gasteiger partial charge >= 0.3 is 0 Å². The van der Waals surface area contributed by atoms with Crippen LogP contribution in [0.4, 0.5) is 0 Å². The van der Waals surface area contributed by atoms with Gasteiger partial charge < -0.3 is 10.6 Å². The minimum Gasteiger partial charge on any atom is -0.334 e. The molecule has 1 amide bonds. The minimum absolute atomic E-state index is 0.104. The van der Waals surface area contributed by atoms with Crippen molar-refractivity contribution in [3.8, 4) is 0 Å². The molecule has 0 spiro atoms. The Hall–Kier alpha value is -1.42. The van der Waals surface area contributed by atoms with Crippen molar-refractivity contribution in [2.24, 2.45) is 5.73 Å². The Labute approximate surface area is 103 Å². The summed E-state index contributed by atoms with van der Waals surface area (Å²) >= 11 is 0. The molecular weight excluding hydrogens is 214 g/mol. The molecule has 94 valence electrons. The van der Waals surface area contributed by atoms with E-state index in [1.165, 1.54) is 0 Å². The highest BCUT2D eigenvalue weighted by molar-refractivity contribution is 5.76. The summed E-state index contributed by atoms with van der Waals surface area (Å²) in [4.78, 5) is 18.1. The van der Waals surface area contributed by atoms with Crippen molar-refractivity contribution in [2.75, 3.05) is 6.54 Å². The van der Waals surface area contributed by atoms with Gasteiger partial charge in [0.15, 0.2) is 0 Å². The van der Waals surface area contributed by atoms with Gasteiger partial charge in [-0.2, -0.15) is 0 Å². The number of hydrogen-bond donors (Lipinski definition) is 1. The molecule has 1 rings (SSSR count). The highest BCUT2D eigenvalue weighted by Gasteiger charge is 2.18. The van der Waals surface area contributed by atoms with Crippen molar-refractivity contribution in [3.05, 3.63) is 30.1 Å². The van der Waals surface area contributed by atoms with Crippen molar-refractivity contribution in [3.63, 3.8) is 0 Å². The topological polar surface area (TPSA) is 59.2 Å². The number of aromatic nitrogens is 1. The van der Waals surface area contributed by atoms with Crippen molar-refractivity contribution in [2.45, 2.75) is 39.3 Å². The molecule has 0 aliphatic rings. The lowest BCUT2D eigenvalue weighted by Gasteiger charge is -2.28. The standard InChI is InChI=1S/C13H21N3O/c1-3-11(2)16(13(17)7-8-14)10-12-6-4-5-9-15-12/h4-6,9,11H,3,7-8,10,14H2,1-2H3. The first-order valence-electron chi connectivity index (χ1n) is 6.08. The SMILES string of the molecule is CCC(C)N(Cc1ccccn1)C(=O)CCN. The summed E-state index contributed by atoms with van der Waals surface area (Å²) in [6.45, 7) is 5.09. The summed E-state index contributed by atoms with van der Waals surface area (Å²) in [7, 11) is 0. The molecule has 4 nitrogen and oxygen atoms in total. The van der Waals surface area contributed by atoms with Crippen molar-refractivity contribution in [1.29, 1.82) is 0 Å². The van der Waals surface area contributed by atoms with Crippen LogP contribution in [0.3, 0.4) is 0 Å². The van der Waals surface area contributed by atoms with Crippen molar-refractivity contribution < 1.29 is 4.79 Å². The van der Waals surface area contributed by atoms with Gasteiger partial charge in [0.25, 0.3) is 0 Å². The van der Waals surface area contributed by atoms with E-state index in [9.17, 15) is 4.79 Å². The molecule has 4 heteroatoms. The van der Waals surface area contributed by atoms with Crippen LogP contribution in [0.15, 0.2) is 24.4 Å². The van der Waals surface area contributed by atoms with Crippen LogP contribution in [-0.4, -0.2) is 28.4 Å². The fourth-order valence-electron chi connectivity index (χ4n) is 1.64. The number of amides is 1. The summed E-state index contributed by atoms with van der Waals surface area (Å²) in [5.41, 5.74) is 6.35. The fraction of sp³-hybridized carbons (Fsp3) is 0.538. The molecule has 1 heterocycles. The lowest BCUT2D eigenvalue weighted by molar-refractivity contribution is -0.133. The molecule has 0 saturated heterocycles. The zero-order chi connectivity index (χ0) is 12.7. The van der Waals surface area contributed by atoms with Gasteiger partial charge in [0.1, 0.15) is 0 Å². The first-order chi connectivity index (χ1) is 8.19. The number of hydrogen-bond acceptors (Lipinski definition) is 3. The van der Waals surface area contributed by atoms with Gasteiger partial charge in [-0.1, -0.05) is 13.0 Å². The molecule has 1 aromatic rings. The van der Waals surface area contributed by atoms with Crippen molar-refractivity contribution >= 4 is 5.91 Å². The largest absolute Gasteiger partial charge is 0.334 e. The summed E-state index contributed by atoms with van der Waals surface area (Å²) < 4.78 is 0. The van der Waals surface area contributed by atoms with E-state index in [1.54, 1.807) is 6.20 Å². The molecule has 17 heavy (non-hydrogen) atoms. The quantitative estimate of drug-likeness (QED) is 0.814. The average molecular weight is 235 g/mol. The molecule has 0 bridgehead atoms. The molecule has 0 saturated carbocycles. The van der Waals surface area contributed by atoms with Crippen LogP contribution in [0.5, 0.6) is 0 Å². The number of nitrogens with zero attached hydrogens (tertiary/aromatic N) is 2. The Morgan fingerprint density at radius 1 is 1.53 bits per heavy atom. The second-order valence-electron chi connectivity index (χ2n) is 4.14. The second kappa shape index (κ2) is 7.01. The molecular formula is C13H21N3O. The summed E-state index contributed by atoms with van der Waals surface area (Å²) in [6, 6.07) is 5.96. The normalized spacial score (nSPS) is 12.2. The number of carbonyl (C=O) groups is 1. The predicted molar refractivity (Wildman–Crippen MR) is 68.2 cm³/mol. The number of nitrogens with two attached hydrogens (primary N) is 1. The van der Waals surface area contributed by atoms with E-state index in [2.05, 4.69) is 18.8 Å². The molecule has 0 aromatic carbocycles. The predicted octanol–water partition coefficient (Wildman–Crippen LogP) is 1.56. The molecule has 0 radical (unpaired) electrons. The molecule has 1 unspecified atom stereocenters. The highest BCUT2D eigenvalue weighted by atomic mass is 16.2. The van der Waals surface area contributed by atoms with E-state index in [4.69, 9.17) is 5.73 Å². The Balaban J connectivity index is 2.73. The van der Waals surface area contributed by atoms with E-state index < -0.39 is 0 Å². The maximum atomic E-state index is 12.0. The molecule has 0 aliphatic carbocycles. The van der Waals surface area contributed by atoms with Gasteiger partial charge in [0.05, 0.1) is 12.2 Å². The van der Waals surface area contributed by atoms with E-state index in [0.29, 0.717) is 19.5 Å². The van der Waals surface area contributed by atoms with Crippen LogP contribution in [0, 0.1) is 0 Å². The lowest BCUT2D eigenvalue weighted by Crippen LogP contribution is -2.38. The van der Waals surface area contributed by atoms with Gasteiger partial charge in [-0.05, 0) is 25.5 Å². The van der Waals surface area contributed by atoms with Gasteiger partial charge in [0.2, 0.25) is 5.91 Å². The van der Waals surface area contributed by atoms with Crippen LogP contribution in [-0.2, 0) is 11.3 Å². The van der Waals surface area contributed by atoms with Crippen LogP contribution < -0.4 is 5.73 Å². The summed E-state index contributed by atoms with van der Waals surface area (Å²) in [5, 5.41) is 0. The second-order valence-corrected chi connectivity index (χ2v) is 4.14. The maximum Gasteiger partial charge on any atom is 0.224 e.